The van der Waals surface area contributed by atoms with Crippen molar-refractivity contribution >= 4 is 12.4 Å². The Hall–Kier alpha value is -0.870. The van der Waals surface area contributed by atoms with Gasteiger partial charge in [0.05, 0.1) is 7.11 Å². The molecule has 0 radical (unpaired) electrons. The SMILES string of the molecule is CCC(C)[C@@H](N)c1c(F)ccc(OC)c1F.Cl. The van der Waals surface area contributed by atoms with Crippen molar-refractivity contribution < 1.29 is 13.5 Å². The summed E-state index contributed by atoms with van der Waals surface area (Å²) >= 11 is 0. The molecular weight excluding hydrogens is 248 g/mol. The summed E-state index contributed by atoms with van der Waals surface area (Å²) in [7, 11) is 1.34. The van der Waals surface area contributed by atoms with Crippen molar-refractivity contribution in [3.8, 4) is 5.75 Å². The molecule has 2 N–H and O–H groups in total. The van der Waals surface area contributed by atoms with Crippen LogP contribution in [0.5, 0.6) is 5.75 Å². The van der Waals surface area contributed by atoms with Gasteiger partial charge >= 0.3 is 0 Å². The highest BCUT2D eigenvalue weighted by Gasteiger charge is 2.23. The summed E-state index contributed by atoms with van der Waals surface area (Å²) in [5.74, 6) is -1.28. The number of rotatable bonds is 4. The third kappa shape index (κ3) is 3.30. The molecule has 98 valence electrons. The Kier molecular flexibility index (Phi) is 6.42. The van der Waals surface area contributed by atoms with E-state index in [1.165, 1.54) is 19.2 Å². The number of halogens is 3. The molecule has 0 aromatic heterocycles. The van der Waals surface area contributed by atoms with Crippen LogP contribution in [0.1, 0.15) is 31.9 Å². The Morgan fingerprint density at radius 1 is 1.35 bits per heavy atom. The zero-order valence-electron chi connectivity index (χ0n) is 10.2. The van der Waals surface area contributed by atoms with Gasteiger partial charge < -0.3 is 10.5 Å². The molecule has 0 fully saturated rings. The van der Waals surface area contributed by atoms with Crippen LogP contribution < -0.4 is 10.5 Å². The molecule has 0 aliphatic carbocycles. The Labute approximate surface area is 107 Å². The van der Waals surface area contributed by atoms with E-state index in [2.05, 4.69) is 0 Å². The molecule has 1 aromatic rings. The van der Waals surface area contributed by atoms with Gasteiger partial charge in [-0.1, -0.05) is 20.3 Å². The lowest BCUT2D eigenvalue weighted by atomic mass is 9.92. The fraction of sp³-hybridized carbons (Fsp3) is 0.500. The molecule has 1 rings (SSSR count). The van der Waals surface area contributed by atoms with Crippen LogP contribution in [0.25, 0.3) is 0 Å². The second-order valence-electron chi connectivity index (χ2n) is 3.89. The average Bonchev–Trinajstić information content (AvgIpc) is 2.28. The summed E-state index contributed by atoms with van der Waals surface area (Å²) in [6.45, 7) is 3.80. The minimum atomic E-state index is -0.699. The summed E-state index contributed by atoms with van der Waals surface area (Å²) in [4.78, 5) is 0. The van der Waals surface area contributed by atoms with Gasteiger partial charge in [0.1, 0.15) is 5.82 Å². The minimum absolute atomic E-state index is 0. The van der Waals surface area contributed by atoms with Gasteiger partial charge in [0.2, 0.25) is 0 Å². The van der Waals surface area contributed by atoms with E-state index in [4.69, 9.17) is 10.5 Å². The molecule has 17 heavy (non-hydrogen) atoms. The van der Waals surface area contributed by atoms with Gasteiger partial charge in [0.15, 0.2) is 11.6 Å². The molecule has 2 atom stereocenters. The Balaban J connectivity index is 0.00000256. The Morgan fingerprint density at radius 3 is 2.41 bits per heavy atom. The summed E-state index contributed by atoms with van der Waals surface area (Å²) in [5.41, 5.74) is 5.75. The van der Waals surface area contributed by atoms with Crippen LogP contribution in [-0.2, 0) is 0 Å². The van der Waals surface area contributed by atoms with Gasteiger partial charge in [-0.2, -0.15) is 0 Å². The summed E-state index contributed by atoms with van der Waals surface area (Å²) in [6, 6.07) is 1.79. The number of hydrogen-bond donors (Lipinski definition) is 1. The van der Waals surface area contributed by atoms with Crippen LogP contribution in [0.15, 0.2) is 12.1 Å². The fourth-order valence-electron chi connectivity index (χ4n) is 1.55. The van der Waals surface area contributed by atoms with Crippen LogP contribution in [0.3, 0.4) is 0 Å². The number of methoxy groups -OCH3 is 1. The zero-order valence-corrected chi connectivity index (χ0v) is 11.0. The van der Waals surface area contributed by atoms with Gasteiger partial charge in [-0.25, -0.2) is 8.78 Å². The average molecular weight is 266 g/mol. The molecule has 0 bridgehead atoms. The maximum absolute atomic E-state index is 13.8. The first-order valence-corrected chi connectivity index (χ1v) is 5.30. The van der Waals surface area contributed by atoms with Crippen molar-refractivity contribution in [3.63, 3.8) is 0 Å². The number of hydrogen-bond acceptors (Lipinski definition) is 2. The summed E-state index contributed by atoms with van der Waals surface area (Å²) < 4.78 is 32.2. The largest absolute Gasteiger partial charge is 0.494 e. The molecule has 0 spiro atoms. The normalized spacial score (nSPS) is 13.8. The molecule has 5 heteroatoms. The van der Waals surface area contributed by atoms with E-state index >= 15 is 0 Å². The fourth-order valence-corrected chi connectivity index (χ4v) is 1.55. The molecule has 0 saturated heterocycles. The first-order valence-electron chi connectivity index (χ1n) is 5.30. The highest BCUT2D eigenvalue weighted by atomic mass is 35.5. The van der Waals surface area contributed by atoms with Crippen molar-refractivity contribution in [2.24, 2.45) is 11.7 Å². The van der Waals surface area contributed by atoms with Gasteiger partial charge in [-0.05, 0) is 18.1 Å². The lowest BCUT2D eigenvalue weighted by molar-refractivity contribution is 0.366. The van der Waals surface area contributed by atoms with Crippen molar-refractivity contribution in [1.82, 2.24) is 0 Å². The smallest absolute Gasteiger partial charge is 0.172 e. The van der Waals surface area contributed by atoms with E-state index in [1.807, 2.05) is 13.8 Å². The van der Waals surface area contributed by atoms with E-state index in [-0.39, 0.29) is 29.6 Å². The van der Waals surface area contributed by atoms with Crippen LogP contribution in [0.2, 0.25) is 0 Å². The van der Waals surface area contributed by atoms with E-state index in [0.717, 1.165) is 6.42 Å². The maximum atomic E-state index is 13.8. The highest BCUT2D eigenvalue weighted by Crippen LogP contribution is 2.31. The first kappa shape index (κ1) is 16.1. The zero-order chi connectivity index (χ0) is 12.3. The second-order valence-corrected chi connectivity index (χ2v) is 3.89. The van der Waals surface area contributed by atoms with Gasteiger partial charge in [-0.15, -0.1) is 12.4 Å². The minimum Gasteiger partial charge on any atom is -0.494 e. The topological polar surface area (TPSA) is 35.2 Å². The molecule has 0 saturated carbocycles. The lowest BCUT2D eigenvalue weighted by Crippen LogP contribution is -2.21. The second kappa shape index (κ2) is 6.77. The van der Waals surface area contributed by atoms with Crippen LogP contribution in [-0.4, -0.2) is 7.11 Å². The third-order valence-corrected chi connectivity index (χ3v) is 2.90. The van der Waals surface area contributed by atoms with E-state index in [0.29, 0.717) is 0 Å². The van der Waals surface area contributed by atoms with Crippen molar-refractivity contribution in [2.45, 2.75) is 26.3 Å². The molecule has 0 aliphatic heterocycles. The number of ether oxygens (including phenoxy) is 1. The number of benzene rings is 1. The van der Waals surface area contributed by atoms with Gasteiger partial charge in [0.25, 0.3) is 0 Å². The molecule has 1 aromatic carbocycles. The quantitative estimate of drug-likeness (QED) is 0.905. The summed E-state index contributed by atoms with van der Waals surface area (Å²) in [5, 5.41) is 0. The van der Waals surface area contributed by atoms with Crippen molar-refractivity contribution in [2.75, 3.05) is 7.11 Å². The highest BCUT2D eigenvalue weighted by molar-refractivity contribution is 5.85. The van der Waals surface area contributed by atoms with Crippen LogP contribution in [0.4, 0.5) is 8.78 Å². The van der Waals surface area contributed by atoms with E-state index in [1.54, 1.807) is 0 Å². The van der Waals surface area contributed by atoms with Crippen LogP contribution in [0, 0.1) is 17.6 Å². The molecule has 2 nitrogen and oxygen atoms in total. The van der Waals surface area contributed by atoms with Gasteiger partial charge in [0, 0.05) is 11.6 Å². The third-order valence-electron chi connectivity index (χ3n) is 2.90. The Morgan fingerprint density at radius 2 is 1.94 bits per heavy atom. The molecule has 0 aliphatic rings. The van der Waals surface area contributed by atoms with E-state index in [9.17, 15) is 8.78 Å². The lowest BCUT2D eigenvalue weighted by Gasteiger charge is -2.20. The van der Waals surface area contributed by atoms with Crippen molar-refractivity contribution in [3.05, 3.63) is 29.3 Å². The first-order chi connectivity index (χ1) is 7.52. The van der Waals surface area contributed by atoms with Crippen molar-refractivity contribution in [1.29, 1.82) is 0 Å². The standard InChI is InChI=1S/C12H17F2NO.ClH/c1-4-7(2)12(15)10-8(13)5-6-9(16-3)11(10)14;/h5-7,12H,4,15H2,1-3H3;1H/t7?,12-;/m1./s1. The maximum Gasteiger partial charge on any atom is 0.172 e. The summed E-state index contributed by atoms with van der Waals surface area (Å²) in [6.07, 6.45) is 0.761. The molecular formula is C12H18ClF2NO. The molecule has 0 amide bonds. The molecule has 0 heterocycles. The van der Waals surface area contributed by atoms with Crippen LogP contribution >= 0.6 is 12.4 Å². The predicted molar refractivity (Wildman–Crippen MR) is 66.5 cm³/mol. The number of nitrogens with two attached hydrogens (primary N) is 1. The van der Waals surface area contributed by atoms with Gasteiger partial charge in [-0.3, -0.25) is 0 Å². The predicted octanol–water partition coefficient (Wildman–Crippen LogP) is 3.44. The monoisotopic (exact) mass is 265 g/mol. The Bertz CT molecular complexity index is 374. The van der Waals surface area contributed by atoms with E-state index < -0.39 is 17.7 Å². The molecule has 1 unspecified atom stereocenters.